The van der Waals surface area contributed by atoms with Crippen LogP contribution in [0.15, 0.2) is 18.3 Å². The van der Waals surface area contributed by atoms with Gasteiger partial charge in [0.05, 0.1) is 5.54 Å². The highest BCUT2D eigenvalue weighted by atomic mass is 79.9. The summed E-state index contributed by atoms with van der Waals surface area (Å²) in [6.07, 6.45) is 1.63. The minimum absolute atomic E-state index is 0.139. The molecule has 0 aromatic carbocycles. The molecule has 0 saturated carbocycles. The summed E-state index contributed by atoms with van der Waals surface area (Å²) in [5.74, 6) is -0.139. The molecule has 0 saturated heterocycles. The molecular formula is C11H14Br2N2O. The van der Waals surface area contributed by atoms with Crippen LogP contribution in [0, 0.1) is 6.92 Å². The summed E-state index contributed by atoms with van der Waals surface area (Å²) in [6, 6.07) is 3.70. The zero-order chi connectivity index (χ0) is 12.2. The van der Waals surface area contributed by atoms with Crippen molar-refractivity contribution in [2.24, 2.45) is 0 Å². The highest BCUT2D eigenvalue weighted by Crippen LogP contribution is 2.13. The van der Waals surface area contributed by atoms with Crippen molar-refractivity contribution in [3.63, 3.8) is 0 Å². The molecule has 0 spiro atoms. The largest absolute Gasteiger partial charge is 0.344 e. The smallest absolute Gasteiger partial charge is 0.270 e. The van der Waals surface area contributed by atoms with Crippen LogP contribution >= 0.6 is 31.9 Å². The molecule has 0 aliphatic heterocycles. The standard InChI is InChI=1S/C11H14Br2N2O/c1-8-4-3-5-14-9(8)10(16)15-11(2,6-12)7-13/h3-5H,6-7H2,1-2H3,(H,15,16). The van der Waals surface area contributed by atoms with Crippen LogP contribution in [0.3, 0.4) is 0 Å². The van der Waals surface area contributed by atoms with Gasteiger partial charge in [-0.3, -0.25) is 9.78 Å². The van der Waals surface area contributed by atoms with Gasteiger partial charge in [-0.05, 0) is 25.5 Å². The van der Waals surface area contributed by atoms with E-state index in [1.165, 1.54) is 0 Å². The second kappa shape index (κ2) is 5.77. The van der Waals surface area contributed by atoms with Crippen LogP contribution in [0.1, 0.15) is 23.0 Å². The Morgan fingerprint density at radius 1 is 1.50 bits per heavy atom. The highest BCUT2D eigenvalue weighted by molar-refractivity contribution is 9.09. The fraction of sp³-hybridized carbons (Fsp3) is 0.455. The molecule has 0 fully saturated rings. The maximum absolute atomic E-state index is 12.0. The van der Waals surface area contributed by atoms with Gasteiger partial charge < -0.3 is 5.32 Å². The molecule has 1 rings (SSSR count). The first-order chi connectivity index (χ1) is 7.52. The third kappa shape index (κ3) is 3.28. The lowest BCUT2D eigenvalue weighted by Crippen LogP contribution is -2.49. The van der Waals surface area contributed by atoms with Crippen LogP contribution in [0.4, 0.5) is 0 Å². The first kappa shape index (κ1) is 13.6. The normalized spacial score (nSPS) is 11.2. The SMILES string of the molecule is Cc1cccnc1C(=O)NC(C)(CBr)CBr. The van der Waals surface area contributed by atoms with E-state index in [0.717, 1.165) is 5.56 Å². The first-order valence-electron chi connectivity index (χ1n) is 4.88. The number of halogens is 2. The number of pyridine rings is 1. The molecule has 1 aromatic rings. The van der Waals surface area contributed by atoms with Gasteiger partial charge in [0, 0.05) is 16.9 Å². The monoisotopic (exact) mass is 348 g/mol. The summed E-state index contributed by atoms with van der Waals surface area (Å²) in [7, 11) is 0. The van der Waals surface area contributed by atoms with Crippen molar-refractivity contribution >= 4 is 37.8 Å². The molecule has 0 radical (unpaired) electrons. The molecule has 88 valence electrons. The molecule has 1 N–H and O–H groups in total. The van der Waals surface area contributed by atoms with Gasteiger partial charge in [0.25, 0.3) is 5.91 Å². The quantitative estimate of drug-likeness (QED) is 0.849. The summed E-state index contributed by atoms with van der Waals surface area (Å²) >= 11 is 6.77. The number of aryl methyl sites for hydroxylation is 1. The minimum atomic E-state index is -0.305. The number of hydrogen-bond donors (Lipinski definition) is 1. The Bertz CT molecular complexity index is 378. The lowest BCUT2D eigenvalue weighted by atomic mass is 10.1. The zero-order valence-corrected chi connectivity index (χ0v) is 12.4. The fourth-order valence-electron chi connectivity index (χ4n) is 1.16. The molecule has 5 heteroatoms. The van der Waals surface area contributed by atoms with Gasteiger partial charge in [-0.25, -0.2) is 0 Å². The molecule has 1 heterocycles. The van der Waals surface area contributed by atoms with Gasteiger partial charge in [0.1, 0.15) is 5.69 Å². The van der Waals surface area contributed by atoms with E-state index in [2.05, 4.69) is 42.2 Å². The molecule has 0 unspecified atom stereocenters. The number of nitrogens with zero attached hydrogens (tertiary/aromatic N) is 1. The summed E-state index contributed by atoms with van der Waals surface area (Å²) in [5.41, 5.74) is 1.06. The van der Waals surface area contributed by atoms with Crippen molar-refractivity contribution < 1.29 is 4.79 Å². The second-order valence-corrected chi connectivity index (χ2v) is 5.07. The second-order valence-electron chi connectivity index (χ2n) is 3.95. The summed E-state index contributed by atoms with van der Waals surface area (Å²) in [4.78, 5) is 16.1. The summed E-state index contributed by atoms with van der Waals surface area (Å²) in [5, 5.41) is 4.32. The number of carbonyl (C=O) groups is 1. The van der Waals surface area contributed by atoms with E-state index in [4.69, 9.17) is 0 Å². The number of amides is 1. The molecule has 1 amide bonds. The molecule has 0 aliphatic rings. The van der Waals surface area contributed by atoms with E-state index in [9.17, 15) is 4.79 Å². The van der Waals surface area contributed by atoms with Crippen molar-refractivity contribution in [1.29, 1.82) is 0 Å². The van der Waals surface area contributed by atoms with E-state index >= 15 is 0 Å². The molecular weight excluding hydrogens is 336 g/mol. The van der Waals surface area contributed by atoms with Gasteiger partial charge in [-0.15, -0.1) is 0 Å². The zero-order valence-electron chi connectivity index (χ0n) is 9.26. The minimum Gasteiger partial charge on any atom is -0.344 e. The number of carbonyl (C=O) groups excluding carboxylic acids is 1. The third-order valence-corrected chi connectivity index (χ3v) is 4.70. The van der Waals surface area contributed by atoms with Crippen LogP contribution in [-0.2, 0) is 0 Å². The van der Waals surface area contributed by atoms with Crippen LogP contribution in [0.25, 0.3) is 0 Å². The topological polar surface area (TPSA) is 42.0 Å². The van der Waals surface area contributed by atoms with Crippen LogP contribution in [0.5, 0.6) is 0 Å². The Hall–Kier alpha value is -0.420. The van der Waals surface area contributed by atoms with Gasteiger partial charge >= 0.3 is 0 Å². The number of aromatic nitrogens is 1. The highest BCUT2D eigenvalue weighted by Gasteiger charge is 2.25. The van der Waals surface area contributed by atoms with Crippen LogP contribution in [-0.4, -0.2) is 27.1 Å². The fourth-order valence-corrected chi connectivity index (χ4v) is 2.37. The van der Waals surface area contributed by atoms with Gasteiger partial charge in [-0.2, -0.15) is 0 Å². The number of rotatable bonds is 4. The Morgan fingerprint density at radius 3 is 2.62 bits per heavy atom. The lowest BCUT2D eigenvalue weighted by Gasteiger charge is -2.26. The number of alkyl halides is 2. The third-order valence-electron chi connectivity index (χ3n) is 2.23. The van der Waals surface area contributed by atoms with Crippen LogP contribution < -0.4 is 5.32 Å². The predicted molar refractivity (Wildman–Crippen MR) is 72.4 cm³/mol. The molecule has 3 nitrogen and oxygen atoms in total. The molecule has 16 heavy (non-hydrogen) atoms. The predicted octanol–water partition coefficient (Wildman–Crippen LogP) is 2.67. The Kier molecular flexibility index (Phi) is 4.92. The van der Waals surface area contributed by atoms with Crippen molar-refractivity contribution in [2.75, 3.05) is 10.7 Å². The average Bonchev–Trinajstić information content (AvgIpc) is 2.29. The summed E-state index contributed by atoms with van der Waals surface area (Å²) in [6.45, 7) is 3.84. The van der Waals surface area contributed by atoms with E-state index < -0.39 is 0 Å². The van der Waals surface area contributed by atoms with Crippen molar-refractivity contribution in [1.82, 2.24) is 10.3 Å². The van der Waals surface area contributed by atoms with Crippen molar-refractivity contribution in [3.8, 4) is 0 Å². The van der Waals surface area contributed by atoms with Crippen molar-refractivity contribution in [2.45, 2.75) is 19.4 Å². The molecule has 1 aromatic heterocycles. The lowest BCUT2D eigenvalue weighted by molar-refractivity contribution is 0.0917. The number of nitrogens with one attached hydrogen (secondary N) is 1. The Morgan fingerprint density at radius 2 is 2.12 bits per heavy atom. The molecule has 0 aliphatic carbocycles. The Balaban J connectivity index is 2.84. The van der Waals surface area contributed by atoms with Crippen molar-refractivity contribution in [3.05, 3.63) is 29.6 Å². The Labute approximate surface area is 112 Å². The first-order valence-corrected chi connectivity index (χ1v) is 7.13. The molecule has 0 bridgehead atoms. The van der Waals surface area contributed by atoms with Gasteiger partial charge in [-0.1, -0.05) is 37.9 Å². The van der Waals surface area contributed by atoms with Gasteiger partial charge in [0.15, 0.2) is 0 Å². The maximum Gasteiger partial charge on any atom is 0.270 e. The van der Waals surface area contributed by atoms with E-state index in [-0.39, 0.29) is 11.4 Å². The van der Waals surface area contributed by atoms with E-state index in [1.54, 1.807) is 6.20 Å². The van der Waals surface area contributed by atoms with E-state index in [0.29, 0.717) is 16.4 Å². The van der Waals surface area contributed by atoms with E-state index in [1.807, 2.05) is 26.0 Å². The maximum atomic E-state index is 12.0. The van der Waals surface area contributed by atoms with Gasteiger partial charge in [0.2, 0.25) is 0 Å². The summed E-state index contributed by atoms with van der Waals surface area (Å²) < 4.78 is 0. The number of hydrogen-bond acceptors (Lipinski definition) is 2. The average molecular weight is 350 g/mol. The van der Waals surface area contributed by atoms with Crippen LogP contribution in [0.2, 0.25) is 0 Å². The molecule has 0 atom stereocenters.